The van der Waals surface area contributed by atoms with Crippen LogP contribution in [0.25, 0.3) is 5.76 Å². The minimum absolute atomic E-state index is 0.288. The highest BCUT2D eigenvalue weighted by molar-refractivity contribution is 5.77. The van der Waals surface area contributed by atoms with E-state index in [1.54, 1.807) is 21.3 Å². The van der Waals surface area contributed by atoms with Crippen molar-refractivity contribution < 1.29 is 18.9 Å². The molecular formula is C31H33NO4. The van der Waals surface area contributed by atoms with Gasteiger partial charge in [-0.1, -0.05) is 37.3 Å². The molecule has 5 rings (SSSR count). The number of methoxy groups -OCH3 is 3. The van der Waals surface area contributed by atoms with Crippen molar-refractivity contribution in [2.75, 3.05) is 40.3 Å². The third kappa shape index (κ3) is 3.89. The van der Waals surface area contributed by atoms with Crippen LogP contribution in [-0.4, -0.2) is 35.4 Å². The molecule has 1 heterocycles. The number of ether oxygens (including phenoxy) is 4. The first kappa shape index (κ1) is 23.9. The molecule has 36 heavy (non-hydrogen) atoms. The maximum Gasteiger partial charge on any atom is 0.178 e. The minimum atomic E-state index is -0.805. The first-order valence-electron chi connectivity index (χ1n) is 12.2. The van der Waals surface area contributed by atoms with Crippen molar-refractivity contribution in [3.63, 3.8) is 0 Å². The summed E-state index contributed by atoms with van der Waals surface area (Å²) in [5.74, 6) is 3.54. The molecule has 0 spiro atoms. The van der Waals surface area contributed by atoms with Gasteiger partial charge in [-0.2, -0.15) is 0 Å². The highest BCUT2D eigenvalue weighted by Gasteiger charge is 2.41. The van der Waals surface area contributed by atoms with E-state index < -0.39 is 5.60 Å². The van der Waals surface area contributed by atoms with Gasteiger partial charge in [0.2, 0.25) is 0 Å². The van der Waals surface area contributed by atoms with Crippen LogP contribution in [-0.2, 0) is 16.8 Å². The second-order valence-electron chi connectivity index (χ2n) is 9.59. The summed E-state index contributed by atoms with van der Waals surface area (Å²) in [6.07, 6.45) is 5.31. The Labute approximate surface area is 213 Å². The molecule has 5 heteroatoms. The average molecular weight is 484 g/mol. The molecule has 0 saturated carbocycles. The Kier molecular flexibility index (Phi) is 6.17. The van der Waals surface area contributed by atoms with Gasteiger partial charge in [0.05, 0.1) is 21.3 Å². The van der Waals surface area contributed by atoms with Crippen LogP contribution in [0.4, 0.5) is 5.69 Å². The largest absolute Gasteiger partial charge is 0.497 e. The zero-order valence-electron chi connectivity index (χ0n) is 21.8. The SMILES string of the molecule is COc1ccc(C2(c3ccc(N(C)C)cc3)C=CC3=C(O2)c2cc(OC)cc(OC)c2CC3C)cc1. The highest BCUT2D eigenvalue weighted by atomic mass is 16.5. The fraction of sp³-hybridized carbons (Fsp3) is 0.290. The summed E-state index contributed by atoms with van der Waals surface area (Å²) in [5.41, 5.74) is 5.76. The number of rotatable bonds is 6. The fourth-order valence-electron chi connectivity index (χ4n) is 5.21. The number of nitrogens with zero attached hydrogens (tertiary/aromatic N) is 1. The van der Waals surface area contributed by atoms with E-state index in [1.165, 1.54) is 5.57 Å². The van der Waals surface area contributed by atoms with Gasteiger partial charge in [0.15, 0.2) is 5.60 Å². The molecule has 0 saturated heterocycles. The van der Waals surface area contributed by atoms with Crippen LogP contribution in [0.3, 0.4) is 0 Å². The smallest absolute Gasteiger partial charge is 0.178 e. The van der Waals surface area contributed by atoms with Gasteiger partial charge in [-0.3, -0.25) is 0 Å². The highest BCUT2D eigenvalue weighted by Crippen LogP contribution is 2.50. The topological polar surface area (TPSA) is 40.2 Å². The van der Waals surface area contributed by atoms with E-state index in [0.717, 1.165) is 57.4 Å². The third-order valence-corrected chi connectivity index (χ3v) is 7.28. The number of hydrogen-bond acceptors (Lipinski definition) is 5. The van der Waals surface area contributed by atoms with Crippen molar-refractivity contribution in [1.29, 1.82) is 0 Å². The Morgan fingerprint density at radius 1 is 0.833 bits per heavy atom. The normalized spacial score (nSPS) is 20.2. The van der Waals surface area contributed by atoms with E-state index in [9.17, 15) is 0 Å². The lowest BCUT2D eigenvalue weighted by Gasteiger charge is -2.40. The quantitative estimate of drug-likeness (QED) is 0.417. The maximum atomic E-state index is 7.15. The number of benzene rings is 3. The molecule has 2 atom stereocenters. The predicted molar refractivity (Wildman–Crippen MR) is 144 cm³/mol. The van der Waals surface area contributed by atoms with Gasteiger partial charge in [-0.05, 0) is 54.3 Å². The van der Waals surface area contributed by atoms with Gasteiger partial charge in [-0.15, -0.1) is 0 Å². The summed E-state index contributed by atoms with van der Waals surface area (Å²) in [7, 11) is 9.16. The van der Waals surface area contributed by atoms with E-state index in [4.69, 9.17) is 18.9 Å². The molecule has 3 aromatic carbocycles. The molecule has 0 bridgehead atoms. The minimum Gasteiger partial charge on any atom is -0.497 e. The van der Waals surface area contributed by atoms with E-state index in [0.29, 0.717) is 0 Å². The molecule has 0 fully saturated rings. The molecule has 2 aliphatic rings. The standard InChI is InChI=1S/C31H33NO4/c1-20-17-27-28(18-25(34-5)19-29(27)35-6)30-26(20)15-16-31(36-30,22-9-13-24(33-4)14-10-22)21-7-11-23(12-8-21)32(2)3/h7-16,18-20H,17H2,1-6H3. The number of allylic oxidation sites excluding steroid dienone is 2. The monoisotopic (exact) mass is 483 g/mol. The molecule has 5 nitrogen and oxygen atoms in total. The van der Waals surface area contributed by atoms with Crippen molar-refractivity contribution in [1.82, 2.24) is 0 Å². The summed E-state index contributed by atoms with van der Waals surface area (Å²) in [6.45, 7) is 2.24. The van der Waals surface area contributed by atoms with Gasteiger partial charge in [0.25, 0.3) is 0 Å². The van der Waals surface area contributed by atoms with Crippen LogP contribution in [0.2, 0.25) is 0 Å². The lowest BCUT2D eigenvalue weighted by atomic mass is 9.77. The molecule has 1 aliphatic heterocycles. The van der Waals surface area contributed by atoms with Gasteiger partial charge < -0.3 is 23.8 Å². The van der Waals surface area contributed by atoms with Crippen LogP contribution in [0.1, 0.15) is 29.2 Å². The Morgan fingerprint density at radius 2 is 1.47 bits per heavy atom. The zero-order chi connectivity index (χ0) is 25.4. The lowest BCUT2D eigenvalue weighted by molar-refractivity contribution is 0.120. The summed E-state index contributed by atoms with van der Waals surface area (Å²) in [5, 5.41) is 0. The molecule has 1 aliphatic carbocycles. The molecule has 186 valence electrons. The van der Waals surface area contributed by atoms with E-state index in [2.05, 4.69) is 66.4 Å². The van der Waals surface area contributed by atoms with Crippen LogP contribution >= 0.6 is 0 Å². The third-order valence-electron chi connectivity index (χ3n) is 7.28. The fourth-order valence-corrected chi connectivity index (χ4v) is 5.21. The maximum absolute atomic E-state index is 7.15. The first-order chi connectivity index (χ1) is 17.4. The van der Waals surface area contributed by atoms with Crippen molar-refractivity contribution >= 4 is 11.4 Å². The van der Waals surface area contributed by atoms with E-state index in [1.807, 2.05) is 32.3 Å². The number of fused-ring (bicyclic) bond motifs is 2. The lowest BCUT2D eigenvalue weighted by Crippen LogP contribution is -2.33. The Balaban J connectivity index is 1.70. The molecule has 0 N–H and O–H groups in total. The summed E-state index contributed by atoms with van der Waals surface area (Å²) in [4.78, 5) is 2.10. The van der Waals surface area contributed by atoms with Crippen LogP contribution in [0.15, 0.2) is 78.4 Å². The van der Waals surface area contributed by atoms with Crippen molar-refractivity contribution in [2.45, 2.75) is 18.9 Å². The van der Waals surface area contributed by atoms with E-state index in [-0.39, 0.29) is 5.92 Å². The van der Waals surface area contributed by atoms with Crippen molar-refractivity contribution in [3.8, 4) is 17.2 Å². The molecule has 3 aromatic rings. The predicted octanol–water partition coefficient (Wildman–Crippen LogP) is 6.21. The number of anilines is 1. The van der Waals surface area contributed by atoms with Gasteiger partial charge in [-0.25, -0.2) is 0 Å². The van der Waals surface area contributed by atoms with Gasteiger partial charge >= 0.3 is 0 Å². The molecule has 0 radical (unpaired) electrons. The Bertz CT molecular complexity index is 1320. The zero-order valence-corrected chi connectivity index (χ0v) is 21.8. The Morgan fingerprint density at radius 3 is 2.06 bits per heavy atom. The number of hydrogen-bond donors (Lipinski definition) is 0. The van der Waals surface area contributed by atoms with Gasteiger partial charge in [0.1, 0.15) is 23.0 Å². The second kappa shape index (κ2) is 9.30. The molecule has 0 amide bonds. The van der Waals surface area contributed by atoms with Gasteiger partial charge in [0, 0.05) is 48.1 Å². The van der Waals surface area contributed by atoms with Crippen molar-refractivity contribution in [3.05, 3.63) is 101 Å². The van der Waals surface area contributed by atoms with E-state index >= 15 is 0 Å². The van der Waals surface area contributed by atoms with Crippen LogP contribution < -0.4 is 19.1 Å². The van der Waals surface area contributed by atoms with Crippen molar-refractivity contribution in [2.24, 2.45) is 5.92 Å². The second-order valence-corrected chi connectivity index (χ2v) is 9.59. The molecule has 0 aromatic heterocycles. The van der Waals surface area contributed by atoms with Crippen LogP contribution in [0.5, 0.6) is 17.2 Å². The van der Waals surface area contributed by atoms with Crippen LogP contribution in [0, 0.1) is 5.92 Å². The first-order valence-corrected chi connectivity index (χ1v) is 12.2. The molecular weight excluding hydrogens is 450 g/mol. The molecule has 2 unspecified atom stereocenters. The Hall–Kier alpha value is -3.86. The average Bonchev–Trinajstić information content (AvgIpc) is 2.92. The summed E-state index contributed by atoms with van der Waals surface area (Å²) < 4.78 is 24.0. The summed E-state index contributed by atoms with van der Waals surface area (Å²) in [6, 6.07) is 20.7. The summed E-state index contributed by atoms with van der Waals surface area (Å²) >= 11 is 0.